The van der Waals surface area contributed by atoms with Gasteiger partial charge in [0.05, 0.1) is 6.26 Å². The van der Waals surface area contributed by atoms with Crippen LogP contribution in [0.25, 0.3) is 12.2 Å². The topological polar surface area (TPSA) is 68.5 Å². The molecule has 0 fully saturated rings. The van der Waals surface area contributed by atoms with Crippen LogP contribution in [-0.4, -0.2) is 11.9 Å². The summed E-state index contributed by atoms with van der Waals surface area (Å²) in [6.07, 6.45) is 5.93. The first-order valence-corrected chi connectivity index (χ1v) is 8.71. The number of esters is 1. The van der Waals surface area contributed by atoms with Crippen LogP contribution < -0.4 is 5.32 Å². The molecule has 0 saturated heterocycles. The Hall–Kier alpha value is -3.86. The van der Waals surface area contributed by atoms with Crippen molar-refractivity contribution in [2.45, 2.75) is 6.61 Å². The summed E-state index contributed by atoms with van der Waals surface area (Å²) in [4.78, 5) is 24.7. The van der Waals surface area contributed by atoms with Crippen LogP contribution in [0.2, 0.25) is 0 Å². The minimum atomic E-state index is -0.651. The second-order valence-electron chi connectivity index (χ2n) is 5.87. The smallest absolute Gasteiger partial charge is 0.355 e. The number of benzene rings is 2. The van der Waals surface area contributed by atoms with Crippen molar-refractivity contribution in [3.63, 3.8) is 0 Å². The molecular weight excluding hydrogens is 354 g/mol. The quantitative estimate of drug-likeness (QED) is 0.498. The average Bonchev–Trinajstić information content (AvgIpc) is 3.25. The van der Waals surface area contributed by atoms with Crippen LogP contribution in [0.4, 0.5) is 0 Å². The van der Waals surface area contributed by atoms with Crippen LogP contribution in [0.1, 0.15) is 16.9 Å². The molecular formula is C23H19NO4. The maximum absolute atomic E-state index is 12.5. The number of rotatable bonds is 7. The molecule has 1 amide bonds. The predicted octanol–water partition coefficient (Wildman–Crippen LogP) is 4.19. The van der Waals surface area contributed by atoms with E-state index in [0.29, 0.717) is 5.76 Å². The Balaban J connectivity index is 1.69. The van der Waals surface area contributed by atoms with Crippen molar-refractivity contribution in [3.05, 3.63) is 108 Å². The van der Waals surface area contributed by atoms with Crippen LogP contribution in [-0.2, 0) is 20.9 Å². The summed E-state index contributed by atoms with van der Waals surface area (Å²) in [6.45, 7) is 0.102. The van der Waals surface area contributed by atoms with E-state index in [1.165, 1.54) is 18.4 Å². The van der Waals surface area contributed by atoms with Crippen molar-refractivity contribution < 1.29 is 18.7 Å². The van der Waals surface area contributed by atoms with Crippen molar-refractivity contribution in [2.24, 2.45) is 0 Å². The maximum Gasteiger partial charge on any atom is 0.355 e. The molecule has 1 heterocycles. The zero-order valence-electron chi connectivity index (χ0n) is 15.1. The molecule has 0 aliphatic rings. The second kappa shape index (κ2) is 9.73. The van der Waals surface area contributed by atoms with E-state index in [0.717, 1.165) is 11.1 Å². The highest BCUT2D eigenvalue weighted by atomic mass is 16.5. The fourth-order valence-electron chi connectivity index (χ4n) is 2.37. The standard InChI is InChI=1S/C23H19NO4/c25-22(14-13-18-8-3-1-4-9-18)24-21(16-20-12-7-15-27-20)23(26)28-17-19-10-5-2-6-11-19/h1-16H,17H2,(H,24,25)/b14-13+,21-16-. The van der Waals surface area contributed by atoms with Gasteiger partial charge in [-0.1, -0.05) is 60.7 Å². The first-order chi connectivity index (χ1) is 13.7. The highest BCUT2D eigenvalue weighted by molar-refractivity contribution is 6.01. The van der Waals surface area contributed by atoms with Crippen molar-refractivity contribution >= 4 is 24.0 Å². The number of hydrogen-bond acceptors (Lipinski definition) is 4. The van der Waals surface area contributed by atoms with Crippen LogP contribution in [0.15, 0.2) is 95.2 Å². The Kier molecular flexibility index (Phi) is 6.57. The number of carbonyl (C=O) groups excluding carboxylic acids is 2. The average molecular weight is 373 g/mol. The fourth-order valence-corrected chi connectivity index (χ4v) is 2.37. The lowest BCUT2D eigenvalue weighted by molar-refractivity contribution is -0.141. The first-order valence-electron chi connectivity index (χ1n) is 8.71. The minimum absolute atomic E-state index is 0.00593. The molecule has 28 heavy (non-hydrogen) atoms. The number of ether oxygens (including phenoxy) is 1. The van der Waals surface area contributed by atoms with E-state index in [1.54, 1.807) is 18.2 Å². The summed E-state index contributed by atoms with van der Waals surface area (Å²) in [7, 11) is 0. The molecule has 0 radical (unpaired) electrons. The third-order valence-electron chi connectivity index (χ3n) is 3.75. The van der Waals surface area contributed by atoms with Gasteiger partial charge in [-0.25, -0.2) is 4.79 Å². The molecule has 0 aliphatic carbocycles. The van der Waals surface area contributed by atoms with Gasteiger partial charge in [-0.3, -0.25) is 4.79 Å². The van der Waals surface area contributed by atoms with Crippen LogP contribution in [0.5, 0.6) is 0 Å². The molecule has 0 saturated carbocycles. The fraction of sp³-hybridized carbons (Fsp3) is 0.0435. The molecule has 1 aromatic heterocycles. The Labute approximate surface area is 163 Å². The van der Waals surface area contributed by atoms with Gasteiger partial charge >= 0.3 is 5.97 Å². The molecule has 0 atom stereocenters. The predicted molar refractivity (Wildman–Crippen MR) is 107 cm³/mol. The van der Waals surface area contributed by atoms with Crippen LogP contribution in [0.3, 0.4) is 0 Å². The molecule has 3 rings (SSSR count). The molecule has 0 aliphatic heterocycles. The molecule has 0 bridgehead atoms. The summed E-state index contributed by atoms with van der Waals surface area (Å²) in [5, 5.41) is 2.56. The van der Waals surface area contributed by atoms with Crippen LogP contribution >= 0.6 is 0 Å². The second-order valence-corrected chi connectivity index (χ2v) is 5.87. The molecule has 0 unspecified atom stereocenters. The Bertz CT molecular complexity index is 958. The lowest BCUT2D eigenvalue weighted by Gasteiger charge is -2.09. The third-order valence-corrected chi connectivity index (χ3v) is 3.75. The van der Waals surface area contributed by atoms with E-state index < -0.39 is 11.9 Å². The van der Waals surface area contributed by atoms with E-state index in [-0.39, 0.29) is 12.3 Å². The summed E-state index contributed by atoms with van der Waals surface area (Å²) >= 11 is 0. The van der Waals surface area contributed by atoms with Gasteiger partial charge in [-0.15, -0.1) is 0 Å². The van der Waals surface area contributed by atoms with Crippen molar-refractivity contribution in [3.8, 4) is 0 Å². The SMILES string of the molecule is O=C(/C=C/c1ccccc1)N/C(=C\c1ccco1)C(=O)OCc1ccccc1. The molecule has 0 spiro atoms. The summed E-state index contributed by atoms with van der Waals surface area (Å²) < 4.78 is 10.5. The minimum Gasteiger partial charge on any atom is -0.465 e. The Morgan fingerprint density at radius 1 is 0.929 bits per heavy atom. The maximum atomic E-state index is 12.5. The monoisotopic (exact) mass is 373 g/mol. The van der Waals surface area contributed by atoms with Crippen LogP contribution in [0, 0.1) is 0 Å². The van der Waals surface area contributed by atoms with Gasteiger partial charge in [0.1, 0.15) is 18.1 Å². The van der Waals surface area contributed by atoms with E-state index in [4.69, 9.17) is 9.15 Å². The number of amides is 1. The third kappa shape index (κ3) is 5.85. The highest BCUT2D eigenvalue weighted by Gasteiger charge is 2.14. The number of hydrogen-bond donors (Lipinski definition) is 1. The van der Waals surface area contributed by atoms with Gasteiger partial charge in [0, 0.05) is 12.2 Å². The number of nitrogens with one attached hydrogen (secondary N) is 1. The Morgan fingerprint density at radius 3 is 2.32 bits per heavy atom. The van der Waals surface area contributed by atoms with Crippen molar-refractivity contribution in [1.82, 2.24) is 5.32 Å². The molecule has 5 heteroatoms. The van der Waals surface area contributed by atoms with Crippen molar-refractivity contribution in [2.75, 3.05) is 0 Å². The van der Waals surface area contributed by atoms with Gasteiger partial charge in [-0.05, 0) is 29.3 Å². The normalized spacial score (nSPS) is 11.4. The molecule has 3 aromatic rings. The Morgan fingerprint density at radius 2 is 1.64 bits per heavy atom. The highest BCUT2D eigenvalue weighted by Crippen LogP contribution is 2.09. The molecule has 1 N–H and O–H groups in total. The molecule has 5 nitrogen and oxygen atoms in total. The van der Waals surface area contributed by atoms with Gasteiger partial charge in [0.15, 0.2) is 0 Å². The number of carbonyl (C=O) groups is 2. The van der Waals surface area contributed by atoms with E-state index in [1.807, 2.05) is 60.7 Å². The van der Waals surface area contributed by atoms with Crippen molar-refractivity contribution in [1.29, 1.82) is 0 Å². The lowest BCUT2D eigenvalue weighted by atomic mass is 10.2. The van der Waals surface area contributed by atoms with E-state index in [9.17, 15) is 9.59 Å². The number of furan rings is 1. The van der Waals surface area contributed by atoms with Gasteiger partial charge < -0.3 is 14.5 Å². The van der Waals surface area contributed by atoms with E-state index in [2.05, 4.69) is 5.32 Å². The first kappa shape index (κ1) is 18.9. The molecule has 2 aromatic carbocycles. The van der Waals surface area contributed by atoms with Gasteiger partial charge in [0.25, 0.3) is 0 Å². The summed E-state index contributed by atoms with van der Waals surface area (Å²) in [6, 6.07) is 22.1. The summed E-state index contributed by atoms with van der Waals surface area (Å²) in [5.74, 6) is -0.668. The summed E-state index contributed by atoms with van der Waals surface area (Å²) in [5.41, 5.74) is 1.72. The zero-order valence-corrected chi connectivity index (χ0v) is 15.1. The molecule has 140 valence electrons. The van der Waals surface area contributed by atoms with Gasteiger partial charge in [0.2, 0.25) is 5.91 Å². The lowest BCUT2D eigenvalue weighted by Crippen LogP contribution is -2.27. The zero-order chi connectivity index (χ0) is 19.6. The largest absolute Gasteiger partial charge is 0.465 e. The van der Waals surface area contributed by atoms with Gasteiger partial charge in [-0.2, -0.15) is 0 Å². The van der Waals surface area contributed by atoms with E-state index >= 15 is 0 Å².